The SMILES string of the molecule is CCOC(=O)c1ccc(NC(=O)/C(C#N)=C/c2ccc(OCc3cccc(F)c3)c(I)c2)cc1. The molecule has 3 aromatic carbocycles. The summed E-state index contributed by atoms with van der Waals surface area (Å²) in [6, 6.07) is 19.5. The van der Waals surface area contributed by atoms with Crippen LogP contribution in [0, 0.1) is 20.7 Å². The summed E-state index contributed by atoms with van der Waals surface area (Å²) in [6.07, 6.45) is 1.47. The van der Waals surface area contributed by atoms with Crippen LogP contribution in [0.3, 0.4) is 0 Å². The molecular formula is C26H20FIN2O4. The second-order valence-electron chi connectivity index (χ2n) is 7.03. The first-order valence-corrected chi connectivity index (χ1v) is 11.3. The summed E-state index contributed by atoms with van der Waals surface area (Å²) in [6.45, 7) is 2.20. The number of rotatable bonds is 8. The van der Waals surface area contributed by atoms with Crippen molar-refractivity contribution in [2.45, 2.75) is 13.5 Å². The molecule has 0 fully saturated rings. The van der Waals surface area contributed by atoms with Gasteiger partial charge in [-0.2, -0.15) is 5.26 Å². The largest absolute Gasteiger partial charge is 0.488 e. The van der Waals surface area contributed by atoms with Crippen molar-refractivity contribution in [3.63, 3.8) is 0 Å². The van der Waals surface area contributed by atoms with Gasteiger partial charge in [0.05, 0.1) is 15.7 Å². The summed E-state index contributed by atoms with van der Waals surface area (Å²) in [5, 5.41) is 12.1. The first-order valence-electron chi connectivity index (χ1n) is 10.3. The molecule has 0 saturated carbocycles. The number of amides is 1. The molecule has 0 aliphatic rings. The summed E-state index contributed by atoms with van der Waals surface area (Å²) in [5.41, 5.74) is 2.07. The van der Waals surface area contributed by atoms with E-state index >= 15 is 0 Å². The highest BCUT2D eigenvalue weighted by atomic mass is 127. The van der Waals surface area contributed by atoms with Gasteiger partial charge in [-0.25, -0.2) is 9.18 Å². The Labute approximate surface area is 210 Å². The first-order chi connectivity index (χ1) is 16.4. The molecule has 0 saturated heterocycles. The van der Waals surface area contributed by atoms with Gasteiger partial charge in [-0.05, 0) is 95.2 Å². The highest BCUT2D eigenvalue weighted by Crippen LogP contribution is 2.24. The van der Waals surface area contributed by atoms with Crippen molar-refractivity contribution in [3.05, 3.63) is 98.4 Å². The van der Waals surface area contributed by atoms with Gasteiger partial charge < -0.3 is 14.8 Å². The zero-order chi connectivity index (χ0) is 24.5. The van der Waals surface area contributed by atoms with E-state index in [1.807, 2.05) is 6.07 Å². The molecule has 0 unspecified atom stereocenters. The van der Waals surface area contributed by atoms with Crippen LogP contribution in [-0.4, -0.2) is 18.5 Å². The molecule has 0 aliphatic carbocycles. The number of nitrogens with one attached hydrogen (secondary N) is 1. The molecule has 1 N–H and O–H groups in total. The van der Waals surface area contributed by atoms with E-state index in [2.05, 4.69) is 27.9 Å². The van der Waals surface area contributed by atoms with Crippen LogP contribution in [0.15, 0.2) is 72.3 Å². The second kappa shape index (κ2) is 12.0. The molecule has 0 radical (unpaired) electrons. The standard InChI is InChI=1S/C26H20FIN2O4/c1-2-33-26(32)19-7-9-22(10-8-19)30-25(31)20(15-29)12-17-6-11-24(23(28)14-17)34-16-18-4-3-5-21(27)13-18/h3-14H,2,16H2,1H3,(H,30,31)/b20-12+. The van der Waals surface area contributed by atoms with Crippen molar-refractivity contribution >= 4 is 46.2 Å². The highest BCUT2D eigenvalue weighted by molar-refractivity contribution is 14.1. The molecule has 0 spiro atoms. The zero-order valence-electron chi connectivity index (χ0n) is 18.2. The van der Waals surface area contributed by atoms with E-state index in [9.17, 15) is 19.2 Å². The quantitative estimate of drug-likeness (QED) is 0.162. The third-order valence-corrected chi connectivity index (χ3v) is 5.41. The van der Waals surface area contributed by atoms with Gasteiger partial charge in [-0.15, -0.1) is 0 Å². The van der Waals surface area contributed by atoms with Crippen LogP contribution < -0.4 is 10.1 Å². The number of ether oxygens (including phenoxy) is 2. The van der Waals surface area contributed by atoms with Crippen LogP contribution in [-0.2, 0) is 16.1 Å². The van der Waals surface area contributed by atoms with Gasteiger partial charge in [0.15, 0.2) is 0 Å². The predicted octanol–water partition coefficient (Wildman–Crippen LogP) is 5.73. The van der Waals surface area contributed by atoms with Gasteiger partial charge in [0, 0.05) is 5.69 Å². The number of carbonyl (C=O) groups excluding carboxylic acids is 2. The lowest BCUT2D eigenvalue weighted by Crippen LogP contribution is -2.13. The van der Waals surface area contributed by atoms with E-state index in [0.29, 0.717) is 28.1 Å². The maximum atomic E-state index is 13.3. The van der Waals surface area contributed by atoms with Gasteiger partial charge in [0.1, 0.15) is 29.8 Å². The molecule has 8 heteroatoms. The minimum Gasteiger partial charge on any atom is -0.488 e. The Bertz CT molecular complexity index is 1270. The predicted molar refractivity (Wildman–Crippen MR) is 135 cm³/mol. The van der Waals surface area contributed by atoms with Gasteiger partial charge >= 0.3 is 5.97 Å². The maximum Gasteiger partial charge on any atom is 0.338 e. The van der Waals surface area contributed by atoms with Crippen LogP contribution in [0.1, 0.15) is 28.4 Å². The number of hydrogen-bond acceptors (Lipinski definition) is 5. The summed E-state index contributed by atoms with van der Waals surface area (Å²) < 4.78 is 24.8. The summed E-state index contributed by atoms with van der Waals surface area (Å²) >= 11 is 2.09. The molecular weight excluding hydrogens is 550 g/mol. The van der Waals surface area contributed by atoms with E-state index in [0.717, 1.165) is 3.57 Å². The van der Waals surface area contributed by atoms with Crippen LogP contribution in [0.4, 0.5) is 10.1 Å². The van der Waals surface area contributed by atoms with Crippen molar-refractivity contribution in [2.75, 3.05) is 11.9 Å². The number of hydrogen-bond donors (Lipinski definition) is 1. The average molecular weight is 570 g/mol. The van der Waals surface area contributed by atoms with Gasteiger partial charge in [-0.3, -0.25) is 4.79 Å². The molecule has 1 amide bonds. The topological polar surface area (TPSA) is 88.4 Å². The minimum absolute atomic E-state index is 0.0845. The Morgan fingerprint density at radius 2 is 1.88 bits per heavy atom. The lowest BCUT2D eigenvalue weighted by molar-refractivity contribution is -0.112. The molecule has 3 rings (SSSR count). The monoisotopic (exact) mass is 570 g/mol. The maximum absolute atomic E-state index is 13.3. The van der Waals surface area contributed by atoms with Crippen molar-refractivity contribution in [2.24, 2.45) is 0 Å². The van der Waals surface area contributed by atoms with E-state index in [1.54, 1.807) is 49.4 Å². The van der Waals surface area contributed by atoms with Crippen molar-refractivity contribution < 1.29 is 23.5 Å². The van der Waals surface area contributed by atoms with E-state index in [4.69, 9.17) is 9.47 Å². The number of halogens is 2. The van der Waals surface area contributed by atoms with Crippen molar-refractivity contribution in [3.8, 4) is 11.8 Å². The molecule has 0 bridgehead atoms. The Morgan fingerprint density at radius 3 is 2.53 bits per heavy atom. The Morgan fingerprint density at radius 1 is 1.12 bits per heavy atom. The smallest absolute Gasteiger partial charge is 0.338 e. The fourth-order valence-electron chi connectivity index (χ4n) is 2.93. The molecule has 172 valence electrons. The van der Waals surface area contributed by atoms with Gasteiger partial charge in [0.2, 0.25) is 0 Å². The number of benzene rings is 3. The molecule has 0 heterocycles. The van der Waals surface area contributed by atoms with E-state index in [1.165, 1.54) is 30.3 Å². The number of nitrogens with zero attached hydrogens (tertiary/aromatic N) is 1. The van der Waals surface area contributed by atoms with E-state index in [-0.39, 0.29) is 24.6 Å². The van der Waals surface area contributed by atoms with Crippen LogP contribution in [0.5, 0.6) is 5.75 Å². The summed E-state index contributed by atoms with van der Waals surface area (Å²) in [5.74, 6) is -0.746. The average Bonchev–Trinajstić information content (AvgIpc) is 2.82. The third-order valence-electron chi connectivity index (χ3n) is 4.57. The Balaban J connectivity index is 1.67. The summed E-state index contributed by atoms with van der Waals surface area (Å²) in [4.78, 5) is 24.3. The number of esters is 1. The normalized spacial score (nSPS) is 10.8. The zero-order valence-corrected chi connectivity index (χ0v) is 20.3. The third kappa shape index (κ3) is 6.89. The minimum atomic E-state index is -0.576. The number of carbonyl (C=O) groups is 2. The molecule has 3 aromatic rings. The molecule has 34 heavy (non-hydrogen) atoms. The van der Waals surface area contributed by atoms with Crippen LogP contribution in [0.2, 0.25) is 0 Å². The molecule has 0 aromatic heterocycles. The van der Waals surface area contributed by atoms with Crippen LogP contribution >= 0.6 is 22.6 Å². The number of anilines is 1. The fourth-order valence-corrected chi connectivity index (χ4v) is 3.62. The fraction of sp³-hybridized carbons (Fsp3) is 0.115. The van der Waals surface area contributed by atoms with Gasteiger partial charge in [0.25, 0.3) is 5.91 Å². The van der Waals surface area contributed by atoms with E-state index < -0.39 is 11.9 Å². The Kier molecular flexibility index (Phi) is 8.76. The Hall–Kier alpha value is -3.71. The molecule has 0 atom stereocenters. The molecule has 6 nitrogen and oxygen atoms in total. The lowest BCUT2D eigenvalue weighted by Gasteiger charge is -2.09. The summed E-state index contributed by atoms with van der Waals surface area (Å²) in [7, 11) is 0. The highest BCUT2D eigenvalue weighted by Gasteiger charge is 2.12. The second-order valence-corrected chi connectivity index (χ2v) is 8.19. The van der Waals surface area contributed by atoms with Crippen LogP contribution in [0.25, 0.3) is 6.08 Å². The number of nitriles is 1. The van der Waals surface area contributed by atoms with Gasteiger partial charge in [-0.1, -0.05) is 18.2 Å². The first kappa shape index (κ1) is 24.9. The van der Waals surface area contributed by atoms with Crippen molar-refractivity contribution in [1.29, 1.82) is 5.26 Å². The van der Waals surface area contributed by atoms with Crippen molar-refractivity contribution in [1.82, 2.24) is 0 Å². The lowest BCUT2D eigenvalue weighted by atomic mass is 10.1. The molecule has 0 aliphatic heterocycles.